The molecule has 0 radical (unpaired) electrons. The SMILES string of the molecule is CC1CC(Cl)=CC(N2C(=O)CC[C@H]2C(=O)N(c2cncc(F)c2)[C@@]2(C(=O)NC3CC(F)(F)C3)CCc3ccccc32)=N1. The van der Waals surface area contributed by atoms with Crippen LogP contribution in [0, 0.1) is 5.82 Å². The number of pyridine rings is 1. The predicted molar refractivity (Wildman–Crippen MR) is 150 cm³/mol. The number of amides is 3. The second kappa shape index (κ2) is 10.5. The molecule has 3 atom stereocenters. The average molecular weight is 600 g/mol. The van der Waals surface area contributed by atoms with Crippen LogP contribution in [0.15, 0.2) is 58.8 Å². The molecule has 1 unspecified atom stereocenters. The van der Waals surface area contributed by atoms with Crippen LogP contribution in [0.2, 0.25) is 0 Å². The number of nitrogens with zero attached hydrogens (tertiary/aromatic N) is 4. The quantitative estimate of drug-likeness (QED) is 0.543. The summed E-state index contributed by atoms with van der Waals surface area (Å²) in [7, 11) is 0. The lowest BCUT2D eigenvalue weighted by molar-refractivity contribution is -0.138. The maximum Gasteiger partial charge on any atom is 0.252 e. The molecule has 1 N–H and O–H groups in total. The number of hydrogen-bond donors (Lipinski definition) is 1. The fourth-order valence-electron chi connectivity index (χ4n) is 6.56. The minimum absolute atomic E-state index is 0.0117. The van der Waals surface area contributed by atoms with Gasteiger partial charge in [-0.1, -0.05) is 35.9 Å². The molecule has 4 aliphatic rings. The number of halogens is 4. The number of likely N-dealkylation sites (tertiary alicyclic amines) is 1. The Balaban J connectivity index is 1.48. The van der Waals surface area contributed by atoms with Gasteiger partial charge in [-0.3, -0.25) is 34.2 Å². The lowest BCUT2D eigenvalue weighted by atomic mass is 9.83. The summed E-state index contributed by atoms with van der Waals surface area (Å²) in [6.07, 6.45) is 4.00. The van der Waals surface area contributed by atoms with E-state index >= 15 is 0 Å². The molecule has 12 heteroatoms. The number of carbonyl (C=O) groups excluding carboxylic acids is 3. The Kier molecular flexibility index (Phi) is 7.11. The molecule has 2 fully saturated rings. The van der Waals surface area contributed by atoms with Crippen LogP contribution in [0.25, 0.3) is 0 Å². The zero-order chi connectivity index (χ0) is 29.8. The fourth-order valence-corrected chi connectivity index (χ4v) is 6.88. The molecule has 6 rings (SSSR count). The van der Waals surface area contributed by atoms with Crippen LogP contribution in [0.1, 0.15) is 56.6 Å². The second-order valence-electron chi connectivity index (χ2n) is 11.4. The third-order valence-electron chi connectivity index (χ3n) is 8.44. The van der Waals surface area contributed by atoms with E-state index in [9.17, 15) is 27.6 Å². The van der Waals surface area contributed by atoms with Crippen molar-refractivity contribution in [1.29, 1.82) is 0 Å². The number of nitrogens with one attached hydrogen (secondary N) is 1. The van der Waals surface area contributed by atoms with E-state index in [1.807, 2.05) is 19.1 Å². The standard InChI is InChI=1S/C30H29ClF3N5O3/c1-17-10-19(31)11-25(36-17)38-24(6-7-26(38)40)27(41)39(22-12-20(32)15-35-16-22)30(9-8-18-4-2-3-5-23(18)30)28(42)37-21-13-29(33,34)14-21/h2-5,11-12,15-17,21,24H,6-10,13-14H2,1H3,(H,37,42)/t17?,24-,30-/m0/s1. The van der Waals surface area contributed by atoms with Gasteiger partial charge >= 0.3 is 0 Å². The number of aryl methyl sites for hydroxylation is 1. The zero-order valence-corrected chi connectivity index (χ0v) is 23.6. The number of aromatic nitrogens is 1. The molecular formula is C30H29ClF3N5O3. The number of carbonyl (C=O) groups is 3. The highest BCUT2D eigenvalue weighted by molar-refractivity contribution is 6.32. The van der Waals surface area contributed by atoms with Crippen LogP contribution in [0.4, 0.5) is 18.9 Å². The predicted octanol–water partition coefficient (Wildman–Crippen LogP) is 4.61. The summed E-state index contributed by atoms with van der Waals surface area (Å²) >= 11 is 6.34. The van der Waals surface area contributed by atoms with E-state index in [-0.39, 0.29) is 42.7 Å². The molecule has 1 aromatic heterocycles. The van der Waals surface area contributed by atoms with Crippen molar-refractivity contribution >= 4 is 40.8 Å². The van der Waals surface area contributed by atoms with Crippen LogP contribution in [-0.4, -0.2) is 57.5 Å². The van der Waals surface area contributed by atoms with Gasteiger partial charge in [-0.25, -0.2) is 13.2 Å². The Morgan fingerprint density at radius 3 is 2.64 bits per heavy atom. The fraction of sp³-hybridized carbons (Fsp3) is 0.433. The van der Waals surface area contributed by atoms with Crippen molar-refractivity contribution in [2.24, 2.45) is 4.99 Å². The Bertz CT molecular complexity index is 1520. The van der Waals surface area contributed by atoms with E-state index in [2.05, 4.69) is 15.3 Å². The van der Waals surface area contributed by atoms with Crippen molar-refractivity contribution in [3.8, 4) is 0 Å². The van der Waals surface area contributed by atoms with Crippen molar-refractivity contribution in [2.45, 2.75) is 81.5 Å². The van der Waals surface area contributed by atoms with Crippen LogP contribution < -0.4 is 10.2 Å². The van der Waals surface area contributed by atoms with Gasteiger partial charge in [0, 0.05) is 42.8 Å². The van der Waals surface area contributed by atoms with Crippen molar-refractivity contribution in [3.63, 3.8) is 0 Å². The lowest BCUT2D eigenvalue weighted by Crippen LogP contribution is -2.64. The summed E-state index contributed by atoms with van der Waals surface area (Å²) in [5, 5.41) is 3.23. The summed E-state index contributed by atoms with van der Waals surface area (Å²) in [6.45, 7) is 1.84. The van der Waals surface area contributed by atoms with E-state index in [4.69, 9.17) is 11.6 Å². The molecule has 42 heavy (non-hydrogen) atoms. The Morgan fingerprint density at radius 2 is 1.93 bits per heavy atom. The second-order valence-corrected chi connectivity index (χ2v) is 11.9. The Labute approximate surface area is 245 Å². The van der Waals surface area contributed by atoms with Crippen LogP contribution >= 0.6 is 11.6 Å². The van der Waals surface area contributed by atoms with Gasteiger partial charge in [0.15, 0.2) is 5.54 Å². The first-order chi connectivity index (χ1) is 20.0. The summed E-state index contributed by atoms with van der Waals surface area (Å²) in [6, 6.07) is 6.13. The molecular weight excluding hydrogens is 571 g/mol. The van der Waals surface area contributed by atoms with E-state index in [1.165, 1.54) is 16.0 Å². The highest BCUT2D eigenvalue weighted by Crippen LogP contribution is 2.46. The van der Waals surface area contributed by atoms with Crippen LogP contribution in [0.5, 0.6) is 0 Å². The number of aliphatic imine (C=N–C) groups is 1. The summed E-state index contributed by atoms with van der Waals surface area (Å²) < 4.78 is 42.1. The molecule has 0 spiro atoms. The average Bonchev–Trinajstić information content (AvgIpc) is 3.49. The molecule has 3 heterocycles. The Hall–Kier alpha value is -3.73. The molecule has 1 saturated heterocycles. The van der Waals surface area contributed by atoms with Gasteiger partial charge in [-0.15, -0.1) is 0 Å². The van der Waals surface area contributed by atoms with Crippen LogP contribution in [-0.2, 0) is 26.3 Å². The van der Waals surface area contributed by atoms with E-state index in [0.717, 1.165) is 17.8 Å². The zero-order valence-electron chi connectivity index (χ0n) is 22.8. The summed E-state index contributed by atoms with van der Waals surface area (Å²) in [5.41, 5.74) is -0.389. The minimum Gasteiger partial charge on any atom is -0.351 e. The third-order valence-corrected chi connectivity index (χ3v) is 8.71. The minimum atomic E-state index is -2.88. The number of alkyl halides is 2. The monoisotopic (exact) mass is 599 g/mol. The van der Waals surface area contributed by atoms with Crippen molar-refractivity contribution in [1.82, 2.24) is 15.2 Å². The molecule has 2 aliphatic heterocycles. The number of benzene rings is 1. The van der Waals surface area contributed by atoms with Gasteiger partial charge in [0.1, 0.15) is 17.7 Å². The van der Waals surface area contributed by atoms with Gasteiger partial charge in [0.05, 0.1) is 24.1 Å². The number of fused-ring (bicyclic) bond motifs is 1. The van der Waals surface area contributed by atoms with Gasteiger partial charge in [0.25, 0.3) is 17.7 Å². The van der Waals surface area contributed by atoms with Gasteiger partial charge in [-0.2, -0.15) is 0 Å². The number of dihydropyridines is 1. The van der Waals surface area contributed by atoms with Crippen molar-refractivity contribution in [2.75, 3.05) is 4.90 Å². The number of anilines is 1. The van der Waals surface area contributed by atoms with Crippen molar-refractivity contribution in [3.05, 3.63) is 70.8 Å². The number of hydrogen-bond acceptors (Lipinski definition) is 5. The molecule has 2 aromatic rings. The molecule has 2 aliphatic carbocycles. The number of amidine groups is 1. The first kappa shape index (κ1) is 28.4. The molecule has 1 saturated carbocycles. The highest BCUT2D eigenvalue weighted by atomic mass is 35.5. The van der Waals surface area contributed by atoms with E-state index in [0.29, 0.717) is 23.4 Å². The lowest BCUT2D eigenvalue weighted by Gasteiger charge is -2.45. The van der Waals surface area contributed by atoms with E-state index < -0.39 is 54.0 Å². The first-order valence-electron chi connectivity index (χ1n) is 14.0. The Morgan fingerprint density at radius 1 is 1.17 bits per heavy atom. The largest absolute Gasteiger partial charge is 0.351 e. The summed E-state index contributed by atoms with van der Waals surface area (Å²) in [5.74, 6) is -4.97. The normalized spacial score (nSPS) is 26.7. The number of rotatable bonds is 5. The molecule has 3 amide bonds. The molecule has 0 bridgehead atoms. The van der Waals surface area contributed by atoms with E-state index in [1.54, 1.807) is 18.2 Å². The summed E-state index contributed by atoms with van der Waals surface area (Å²) in [4.78, 5) is 53.3. The maximum absolute atomic E-state index is 14.8. The van der Waals surface area contributed by atoms with Gasteiger partial charge < -0.3 is 5.32 Å². The smallest absolute Gasteiger partial charge is 0.252 e. The van der Waals surface area contributed by atoms with Gasteiger partial charge in [0.2, 0.25) is 5.91 Å². The van der Waals surface area contributed by atoms with Gasteiger partial charge in [-0.05, 0) is 43.4 Å². The van der Waals surface area contributed by atoms with Crippen molar-refractivity contribution < 1.29 is 27.6 Å². The molecule has 8 nitrogen and oxygen atoms in total. The van der Waals surface area contributed by atoms with Crippen LogP contribution in [0.3, 0.4) is 0 Å². The first-order valence-corrected chi connectivity index (χ1v) is 14.3. The molecule has 220 valence electrons. The maximum atomic E-state index is 14.8. The molecule has 1 aromatic carbocycles. The topological polar surface area (TPSA) is 95.0 Å². The third kappa shape index (κ3) is 4.87. The highest BCUT2D eigenvalue weighted by Gasteiger charge is 2.57.